The van der Waals surface area contributed by atoms with E-state index in [1.54, 1.807) is 0 Å². The Balaban J connectivity index is 2.56. The van der Waals surface area contributed by atoms with E-state index in [1.807, 2.05) is 19.1 Å². The van der Waals surface area contributed by atoms with Gasteiger partial charge >= 0.3 is 0 Å². The van der Waals surface area contributed by atoms with E-state index in [9.17, 15) is 9.59 Å². The summed E-state index contributed by atoms with van der Waals surface area (Å²) >= 11 is 0. The van der Waals surface area contributed by atoms with Gasteiger partial charge in [0.05, 0.1) is 0 Å². The summed E-state index contributed by atoms with van der Waals surface area (Å²) in [6, 6.07) is 5.96. The maximum atomic E-state index is 12.0. The van der Waals surface area contributed by atoms with Gasteiger partial charge in [0.1, 0.15) is 6.42 Å². The molecule has 2 amide bonds. The molecule has 0 unspecified atom stereocenters. The van der Waals surface area contributed by atoms with Crippen molar-refractivity contribution in [3.05, 3.63) is 23.8 Å². The van der Waals surface area contributed by atoms with Gasteiger partial charge in [-0.25, -0.2) is 0 Å². The molecule has 0 fully saturated rings. The molecule has 24 heavy (non-hydrogen) atoms. The number of carbonyl (C=O) groups excluding carboxylic acids is 2. The Labute approximate surface area is 145 Å². The van der Waals surface area contributed by atoms with Crippen molar-refractivity contribution in [1.29, 1.82) is 0 Å². The van der Waals surface area contributed by atoms with Crippen LogP contribution in [0.4, 0.5) is 11.4 Å². The van der Waals surface area contributed by atoms with Crippen LogP contribution in [0.5, 0.6) is 0 Å². The number of carbonyl (C=O) groups is 2. The van der Waals surface area contributed by atoms with Gasteiger partial charge in [-0.1, -0.05) is 13.8 Å². The Hall–Kier alpha value is -2.04. The van der Waals surface area contributed by atoms with Crippen LogP contribution >= 0.6 is 0 Å². The van der Waals surface area contributed by atoms with E-state index >= 15 is 0 Å². The van der Waals surface area contributed by atoms with Crippen LogP contribution in [-0.2, 0) is 9.59 Å². The lowest BCUT2D eigenvalue weighted by atomic mass is 10.1. The fourth-order valence-electron chi connectivity index (χ4n) is 2.48. The van der Waals surface area contributed by atoms with Crippen LogP contribution < -0.4 is 15.5 Å². The molecule has 5 nitrogen and oxygen atoms in total. The fourth-order valence-corrected chi connectivity index (χ4v) is 2.48. The molecule has 0 aliphatic heterocycles. The first-order chi connectivity index (χ1) is 11.4. The van der Waals surface area contributed by atoms with Crippen LogP contribution in [0.1, 0.15) is 46.1 Å². The Bertz CT molecular complexity index is 552. The van der Waals surface area contributed by atoms with Gasteiger partial charge in [-0.15, -0.1) is 0 Å². The normalized spacial score (nSPS) is 10.6. The zero-order chi connectivity index (χ0) is 18.1. The predicted molar refractivity (Wildman–Crippen MR) is 100 cm³/mol. The molecule has 0 bridgehead atoms. The summed E-state index contributed by atoms with van der Waals surface area (Å²) in [5.74, 6) is 0.0207. The van der Waals surface area contributed by atoms with Crippen LogP contribution in [-0.4, -0.2) is 31.4 Å². The molecular weight excluding hydrogens is 302 g/mol. The zero-order valence-electron chi connectivity index (χ0n) is 15.6. The van der Waals surface area contributed by atoms with Crippen LogP contribution in [0.2, 0.25) is 0 Å². The summed E-state index contributed by atoms with van der Waals surface area (Å²) < 4.78 is 0. The first-order valence-corrected chi connectivity index (χ1v) is 8.79. The van der Waals surface area contributed by atoms with Gasteiger partial charge in [0, 0.05) is 31.0 Å². The highest BCUT2D eigenvalue weighted by molar-refractivity contribution is 6.03. The number of rotatable bonds is 9. The van der Waals surface area contributed by atoms with Gasteiger partial charge < -0.3 is 15.5 Å². The smallest absolute Gasteiger partial charge is 0.233 e. The number of nitrogens with one attached hydrogen (secondary N) is 2. The maximum Gasteiger partial charge on any atom is 0.233 e. The average molecular weight is 333 g/mol. The first kappa shape index (κ1) is 20.0. The number of anilines is 2. The molecule has 0 heterocycles. The Morgan fingerprint density at radius 3 is 2.33 bits per heavy atom. The summed E-state index contributed by atoms with van der Waals surface area (Å²) in [5.41, 5.74) is 2.89. The van der Waals surface area contributed by atoms with E-state index in [4.69, 9.17) is 0 Å². The maximum absolute atomic E-state index is 12.0. The lowest BCUT2D eigenvalue weighted by molar-refractivity contribution is -0.126. The molecule has 0 aliphatic rings. The minimum Gasteiger partial charge on any atom is -0.372 e. The van der Waals surface area contributed by atoms with Gasteiger partial charge in [0.15, 0.2) is 0 Å². The SMILES string of the molecule is CCN(CC)c1ccc(NC(=O)CC(=O)NCCC(C)C)c(C)c1. The van der Waals surface area contributed by atoms with Crippen molar-refractivity contribution in [1.82, 2.24) is 5.32 Å². The molecule has 1 aromatic carbocycles. The number of nitrogens with zero attached hydrogens (tertiary/aromatic N) is 1. The fraction of sp³-hybridized carbons (Fsp3) is 0.579. The molecule has 5 heteroatoms. The number of amides is 2. The topological polar surface area (TPSA) is 61.4 Å². The van der Waals surface area contributed by atoms with Gasteiger partial charge in [-0.3, -0.25) is 9.59 Å². The number of hydrogen-bond acceptors (Lipinski definition) is 3. The molecule has 134 valence electrons. The highest BCUT2D eigenvalue weighted by Gasteiger charge is 2.11. The molecule has 2 N–H and O–H groups in total. The van der Waals surface area contributed by atoms with Crippen molar-refractivity contribution in [2.24, 2.45) is 5.92 Å². The highest BCUT2D eigenvalue weighted by atomic mass is 16.2. The second-order valence-corrected chi connectivity index (χ2v) is 6.43. The van der Waals surface area contributed by atoms with Crippen molar-refractivity contribution in [2.45, 2.75) is 47.5 Å². The minimum atomic E-state index is -0.282. The zero-order valence-corrected chi connectivity index (χ0v) is 15.6. The molecule has 0 radical (unpaired) electrons. The lowest BCUT2D eigenvalue weighted by Crippen LogP contribution is -2.29. The molecule has 0 atom stereocenters. The average Bonchev–Trinajstić information content (AvgIpc) is 2.50. The molecule has 1 aromatic rings. The van der Waals surface area contributed by atoms with E-state index in [2.05, 4.69) is 49.3 Å². The second kappa shape index (κ2) is 9.96. The summed E-state index contributed by atoms with van der Waals surface area (Å²) in [5, 5.41) is 5.60. The predicted octanol–water partition coefficient (Wildman–Crippen LogP) is 3.33. The van der Waals surface area contributed by atoms with Crippen LogP contribution in [0.15, 0.2) is 18.2 Å². The van der Waals surface area contributed by atoms with Crippen LogP contribution in [0, 0.1) is 12.8 Å². The number of aryl methyl sites for hydroxylation is 1. The van der Waals surface area contributed by atoms with Crippen molar-refractivity contribution in [3.63, 3.8) is 0 Å². The summed E-state index contributed by atoms with van der Waals surface area (Å²) in [6.07, 6.45) is 0.772. The largest absolute Gasteiger partial charge is 0.372 e. The Morgan fingerprint density at radius 1 is 1.12 bits per heavy atom. The summed E-state index contributed by atoms with van der Waals surface area (Å²) in [4.78, 5) is 26.0. The van der Waals surface area contributed by atoms with E-state index in [0.29, 0.717) is 12.5 Å². The van der Waals surface area contributed by atoms with Gasteiger partial charge in [0.2, 0.25) is 11.8 Å². The molecule has 1 rings (SSSR count). The minimum absolute atomic E-state index is 0.144. The standard InChI is InChI=1S/C19H31N3O2/c1-6-22(7-2)16-8-9-17(15(5)12-16)21-19(24)13-18(23)20-11-10-14(3)4/h8-9,12,14H,6-7,10-11,13H2,1-5H3,(H,20,23)(H,21,24). The third-order valence-corrected chi connectivity index (χ3v) is 3.98. The molecule has 0 saturated carbocycles. The van der Waals surface area contributed by atoms with Gasteiger partial charge in [-0.05, 0) is 56.9 Å². The molecular formula is C19H31N3O2. The van der Waals surface area contributed by atoms with Crippen molar-refractivity contribution in [3.8, 4) is 0 Å². The quantitative estimate of drug-likeness (QED) is 0.681. The number of benzene rings is 1. The van der Waals surface area contributed by atoms with E-state index in [-0.39, 0.29) is 18.2 Å². The van der Waals surface area contributed by atoms with Crippen molar-refractivity contribution >= 4 is 23.2 Å². The third kappa shape index (κ3) is 6.60. The molecule has 0 aromatic heterocycles. The molecule has 0 spiro atoms. The van der Waals surface area contributed by atoms with E-state index in [1.165, 1.54) is 0 Å². The monoisotopic (exact) mass is 333 g/mol. The first-order valence-electron chi connectivity index (χ1n) is 8.79. The lowest BCUT2D eigenvalue weighted by Gasteiger charge is -2.22. The third-order valence-electron chi connectivity index (χ3n) is 3.98. The van der Waals surface area contributed by atoms with E-state index in [0.717, 1.165) is 36.4 Å². The second-order valence-electron chi connectivity index (χ2n) is 6.43. The highest BCUT2D eigenvalue weighted by Crippen LogP contribution is 2.22. The Morgan fingerprint density at radius 2 is 1.79 bits per heavy atom. The molecule has 0 saturated heterocycles. The van der Waals surface area contributed by atoms with Crippen LogP contribution in [0.3, 0.4) is 0 Å². The summed E-state index contributed by atoms with van der Waals surface area (Å²) in [7, 11) is 0. The van der Waals surface area contributed by atoms with Crippen molar-refractivity contribution < 1.29 is 9.59 Å². The van der Waals surface area contributed by atoms with Gasteiger partial charge in [0.25, 0.3) is 0 Å². The number of hydrogen-bond donors (Lipinski definition) is 2. The van der Waals surface area contributed by atoms with Crippen LogP contribution in [0.25, 0.3) is 0 Å². The van der Waals surface area contributed by atoms with Crippen molar-refractivity contribution in [2.75, 3.05) is 29.9 Å². The Kier molecular flexibility index (Phi) is 8.30. The summed E-state index contributed by atoms with van der Waals surface area (Å²) in [6.45, 7) is 12.9. The van der Waals surface area contributed by atoms with Gasteiger partial charge in [-0.2, -0.15) is 0 Å². The molecule has 0 aliphatic carbocycles. The van der Waals surface area contributed by atoms with E-state index < -0.39 is 0 Å².